The van der Waals surface area contributed by atoms with Gasteiger partial charge in [0.15, 0.2) is 0 Å². The third kappa shape index (κ3) is 8.21. The van der Waals surface area contributed by atoms with Crippen molar-refractivity contribution in [2.75, 3.05) is 25.6 Å². The van der Waals surface area contributed by atoms with E-state index in [-0.39, 0.29) is 30.8 Å². The standard InChI is InChI=1S/C17H28N2O3.ClH/c1-12(2)7-8-22-16-9-14(6-5-13(16)3)19-17(20)10-15(11-18)21-4;/h5-6,9,12,15H,7-8,10-11,18H2,1-4H3,(H,19,20);1H. The highest BCUT2D eigenvalue weighted by atomic mass is 35.5. The minimum Gasteiger partial charge on any atom is -0.493 e. The Bertz CT molecular complexity index is 477. The Balaban J connectivity index is 0.00000484. The molecule has 1 aromatic carbocycles. The number of carbonyl (C=O) groups is 1. The summed E-state index contributed by atoms with van der Waals surface area (Å²) >= 11 is 0. The summed E-state index contributed by atoms with van der Waals surface area (Å²) in [6.45, 7) is 7.31. The quantitative estimate of drug-likeness (QED) is 0.721. The molecule has 1 unspecified atom stereocenters. The van der Waals surface area contributed by atoms with Crippen LogP contribution in [0.25, 0.3) is 0 Å². The molecule has 0 radical (unpaired) electrons. The van der Waals surface area contributed by atoms with Crippen LogP contribution < -0.4 is 15.8 Å². The van der Waals surface area contributed by atoms with Crippen LogP contribution in [-0.4, -0.2) is 32.3 Å². The van der Waals surface area contributed by atoms with E-state index < -0.39 is 0 Å². The molecule has 132 valence electrons. The molecule has 0 heterocycles. The van der Waals surface area contributed by atoms with Gasteiger partial charge in [-0.2, -0.15) is 0 Å². The third-order valence-corrected chi connectivity index (χ3v) is 3.43. The maximum atomic E-state index is 12.0. The monoisotopic (exact) mass is 344 g/mol. The Kier molecular flexibility index (Phi) is 10.6. The molecule has 1 amide bonds. The van der Waals surface area contributed by atoms with E-state index in [4.69, 9.17) is 15.2 Å². The Morgan fingerprint density at radius 1 is 1.35 bits per heavy atom. The number of amides is 1. The van der Waals surface area contributed by atoms with E-state index >= 15 is 0 Å². The topological polar surface area (TPSA) is 73.6 Å². The second-order valence-electron chi connectivity index (χ2n) is 5.86. The Hall–Kier alpha value is -1.30. The SMILES string of the molecule is COC(CN)CC(=O)Nc1ccc(C)c(OCCC(C)C)c1.Cl. The smallest absolute Gasteiger partial charge is 0.227 e. The highest BCUT2D eigenvalue weighted by Crippen LogP contribution is 2.23. The molecule has 0 aromatic heterocycles. The molecule has 0 bridgehead atoms. The van der Waals surface area contributed by atoms with E-state index in [0.717, 1.165) is 23.4 Å². The van der Waals surface area contributed by atoms with Crippen LogP contribution in [0.3, 0.4) is 0 Å². The molecule has 0 saturated carbocycles. The molecule has 23 heavy (non-hydrogen) atoms. The van der Waals surface area contributed by atoms with Crippen molar-refractivity contribution < 1.29 is 14.3 Å². The number of nitrogens with one attached hydrogen (secondary N) is 1. The Morgan fingerprint density at radius 2 is 2.04 bits per heavy atom. The number of halogens is 1. The molecule has 0 aliphatic heterocycles. The van der Waals surface area contributed by atoms with E-state index in [1.165, 1.54) is 0 Å². The van der Waals surface area contributed by atoms with Gasteiger partial charge in [-0.25, -0.2) is 0 Å². The van der Waals surface area contributed by atoms with E-state index in [1.807, 2.05) is 25.1 Å². The van der Waals surface area contributed by atoms with Crippen molar-refractivity contribution in [2.45, 2.75) is 39.7 Å². The van der Waals surface area contributed by atoms with Crippen molar-refractivity contribution in [2.24, 2.45) is 11.7 Å². The average molecular weight is 345 g/mol. The summed E-state index contributed by atoms with van der Waals surface area (Å²) in [7, 11) is 1.55. The highest BCUT2D eigenvalue weighted by molar-refractivity contribution is 5.91. The van der Waals surface area contributed by atoms with Crippen LogP contribution in [0.4, 0.5) is 5.69 Å². The number of hydrogen-bond acceptors (Lipinski definition) is 4. The number of rotatable bonds is 9. The minimum absolute atomic E-state index is 0. The van der Waals surface area contributed by atoms with Crippen LogP contribution in [0.15, 0.2) is 18.2 Å². The van der Waals surface area contributed by atoms with Gasteiger partial charge in [0.05, 0.1) is 19.1 Å². The number of methoxy groups -OCH3 is 1. The first-order valence-corrected chi connectivity index (χ1v) is 7.72. The second kappa shape index (κ2) is 11.3. The van der Waals surface area contributed by atoms with Crippen molar-refractivity contribution in [3.63, 3.8) is 0 Å². The molecule has 0 aliphatic rings. The lowest BCUT2D eigenvalue weighted by Crippen LogP contribution is -2.28. The molecule has 0 spiro atoms. The number of anilines is 1. The number of ether oxygens (including phenoxy) is 2. The summed E-state index contributed by atoms with van der Waals surface area (Å²) in [6.07, 6.45) is 0.985. The molecule has 3 N–H and O–H groups in total. The number of hydrogen-bond donors (Lipinski definition) is 2. The van der Waals surface area contributed by atoms with E-state index in [9.17, 15) is 4.79 Å². The summed E-state index contributed by atoms with van der Waals surface area (Å²) in [6, 6.07) is 5.67. The van der Waals surface area contributed by atoms with Crippen LogP contribution in [0.5, 0.6) is 5.75 Å². The lowest BCUT2D eigenvalue weighted by atomic mass is 10.1. The van der Waals surface area contributed by atoms with Crippen LogP contribution in [0.1, 0.15) is 32.3 Å². The largest absolute Gasteiger partial charge is 0.493 e. The first-order chi connectivity index (χ1) is 10.5. The molecule has 0 saturated heterocycles. The molecular weight excluding hydrogens is 316 g/mol. The Morgan fingerprint density at radius 3 is 2.61 bits per heavy atom. The van der Waals surface area contributed by atoms with Crippen molar-refractivity contribution in [3.05, 3.63) is 23.8 Å². The van der Waals surface area contributed by atoms with Gasteiger partial charge in [0.1, 0.15) is 5.75 Å². The third-order valence-electron chi connectivity index (χ3n) is 3.43. The summed E-state index contributed by atoms with van der Waals surface area (Å²) in [5.74, 6) is 1.29. The lowest BCUT2D eigenvalue weighted by Gasteiger charge is -2.14. The number of nitrogens with two attached hydrogens (primary N) is 1. The molecule has 1 atom stereocenters. The second-order valence-corrected chi connectivity index (χ2v) is 5.86. The zero-order valence-corrected chi connectivity index (χ0v) is 15.2. The van der Waals surface area contributed by atoms with Crippen molar-refractivity contribution in [1.82, 2.24) is 0 Å². The van der Waals surface area contributed by atoms with Gasteiger partial charge in [0.25, 0.3) is 0 Å². The molecule has 6 heteroatoms. The predicted molar refractivity (Wildman–Crippen MR) is 96.5 cm³/mol. The maximum absolute atomic E-state index is 12.0. The summed E-state index contributed by atoms with van der Waals surface area (Å²) in [4.78, 5) is 12.0. The zero-order chi connectivity index (χ0) is 16.5. The van der Waals surface area contributed by atoms with Gasteiger partial charge in [0.2, 0.25) is 5.91 Å². The number of benzene rings is 1. The minimum atomic E-state index is -0.257. The lowest BCUT2D eigenvalue weighted by molar-refractivity contribution is -0.118. The molecule has 1 aromatic rings. The molecular formula is C17H29ClN2O3. The van der Waals surface area contributed by atoms with E-state index in [0.29, 0.717) is 19.1 Å². The fourth-order valence-electron chi connectivity index (χ4n) is 1.92. The first kappa shape index (κ1) is 21.7. The van der Waals surface area contributed by atoms with Gasteiger partial charge >= 0.3 is 0 Å². The van der Waals surface area contributed by atoms with Crippen molar-refractivity contribution in [1.29, 1.82) is 0 Å². The fraction of sp³-hybridized carbons (Fsp3) is 0.588. The van der Waals surface area contributed by atoms with Gasteiger partial charge in [-0.1, -0.05) is 19.9 Å². The summed E-state index contributed by atoms with van der Waals surface area (Å²) in [5, 5.41) is 2.85. The highest BCUT2D eigenvalue weighted by Gasteiger charge is 2.12. The van der Waals surface area contributed by atoms with Gasteiger partial charge in [-0.05, 0) is 30.9 Å². The van der Waals surface area contributed by atoms with Gasteiger partial charge < -0.3 is 20.5 Å². The zero-order valence-electron chi connectivity index (χ0n) is 14.4. The van der Waals surface area contributed by atoms with Crippen LogP contribution in [0, 0.1) is 12.8 Å². The van der Waals surface area contributed by atoms with Gasteiger partial charge in [-0.3, -0.25) is 4.79 Å². The van der Waals surface area contributed by atoms with Gasteiger partial charge in [-0.15, -0.1) is 12.4 Å². The van der Waals surface area contributed by atoms with Crippen molar-refractivity contribution in [3.8, 4) is 5.75 Å². The summed E-state index contributed by atoms with van der Waals surface area (Å²) in [5.41, 5.74) is 7.30. The fourth-order valence-corrected chi connectivity index (χ4v) is 1.92. The van der Waals surface area contributed by atoms with Crippen LogP contribution in [-0.2, 0) is 9.53 Å². The number of aryl methyl sites for hydroxylation is 1. The molecule has 0 aliphatic carbocycles. The normalized spacial score (nSPS) is 11.7. The van der Waals surface area contributed by atoms with Crippen molar-refractivity contribution >= 4 is 24.0 Å². The van der Waals surface area contributed by atoms with E-state index in [1.54, 1.807) is 7.11 Å². The maximum Gasteiger partial charge on any atom is 0.227 e. The first-order valence-electron chi connectivity index (χ1n) is 7.72. The summed E-state index contributed by atoms with van der Waals surface area (Å²) < 4.78 is 10.9. The Labute approximate surface area is 145 Å². The molecule has 5 nitrogen and oxygen atoms in total. The number of carbonyl (C=O) groups excluding carboxylic acids is 1. The average Bonchev–Trinajstić information content (AvgIpc) is 2.47. The molecule has 0 fully saturated rings. The van der Waals surface area contributed by atoms with E-state index in [2.05, 4.69) is 19.2 Å². The van der Waals surface area contributed by atoms with Gasteiger partial charge in [0, 0.05) is 25.4 Å². The predicted octanol–water partition coefficient (Wildman–Crippen LogP) is 3.14. The van der Waals surface area contributed by atoms with Crippen LogP contribution in [0.2, 0.25) is 0 Å². The molecule has 1 rings (SSSR count). The van der Waals surface area contributed by atoms with Crippen LogP contribution >= 0.6 is 12.4 Å².